The average molecular weight is 213 g/mol. The van der Waals surface area contributed by atoms with E-state index in [0.717, 1.165) is 13.1 Å². The molecule has 4 heteroatoms. The second-order valence-electron chi connectivity index (χ2n) is 4.19. The van der Waals surface area contributed by atoms with Crippen molar-refractivity contribution >= 4 is 5.91 Å². The lowest BCUT2D eigenvalue weighted by Gasteiger charge is -2.26. The Morgan fingerprint density at radius 3 is 2.60 bits per heavy atom. The van der Waals surface area contributed by atoms with Gasteiger partial charge in [0.1, 0.15) is 0 Å². The largest absolute Gasteiger partial charge is 0.358 e. The molecule has 2 N–H and O–H groups in total. The number of rotatable bonds is 5. The zero-order valence-electron chi connectivity index (χ0n) is 9.88. The molecule has 1 saturated heterocycles. The Hall–Kier alpha value is -0.610. The summed E-state index contributed by atoms with van der Waals surface area (Å²) in [5, 5.41) is 5.87. The standard InChI is InChI=1S/C11H23N3O/c1-10(11(15)12-2)13-6-9-14-7-4-3-5-8-14/h10,13H,3-9H2,1-2H3,(H,12,15). The Labute approximate surface area is 92.4 Å². The van der Waals surface area contributed by atoms with Crippen LogP contribution in [0, 0.1) is 0 Å². The van der Waals surface area contributed by atoms with E-state index in [1.807, 2.05) is 6.92 Å². The topological polar surface area (TPSA) is 44.4 Å². The molecule has 4 nitrogen and oxygen atoms in total. The van der Waals surface area contributed by atoms with Crippen LogP contribution in [0.3, 0.4) is 0 Å². The number of likely N-dealkylation sites (N-methyl/N-ethyl adjacent to an activating group) is 1. The third-order valence-corrected chi connectivity index (χ3v) is 2.97. The van der Waals surface area contributed by atoms with Gasteiger partial charge < -0.3 is 15.5 Å². The van der Waals surface area contributed by atoms with E-state index in [1.54, 1.807) is 7.05 Å². The van der Waals surface area contributed by atoms with Gasteiger partial charge in [-0.25, -0.2) is 0 Å². The van der Waals surface area contributed by atoms with Crippen LogP contribution in [0.25, 0.3) is 0 Å². The highest BCUT2D eigenvalue weighted by molar-refractivity contribution is 5.80. The minimum absolute atomic E-state index is 0.0636. The molecule has 1 rings (SSSR count). The molecule has 0 saturated carbocycles. The van der Waals surface area contributed by atoms with Gasteiger partial charge in [0, 0.05) is 20.1 Å². The number of hydrogen-bond acceptors (Lipinski definition) is 3. The number of amides is 1. The number of piperidine rings is 1. The van der Waals surface area contributed by atoms with Gasteiger partial charge in [-0.2, -0.15) is 0 Å². The first-order valence-corrected chi connectivity index (χ1v) is 5.91. The van der Waals surface area contributed by atoms with Crippen LogP contribution in [-0.4, -0.2) is 50.1 Å². The van der Waals surface area contributed by atoms with Crippen molar-refractivity contribution in [2.75, 3.05) is 33.2 Å². The zero-order valence-corrected chi connectivity index (χ0v) is 9.88. The Bertz CT molecular complexity index is 190. The minimum atomic E-state index is -0.0835. The van der Waals surface area contributed by atoms with Crippen molar-refractivity contribution in [1.29, 1.82) is 0 Å². The molecule has 88 valence electrons. The van der Waals surface area contributed by atoms with Crippen molar-refractivity contribution in [2.45, 2.75) is 32.2 Å². The maximum atomic E-state index is 11.2. The van der Waals surface area contributed by atoms with E-state index in [4.69, 9.17) is 0 Å². The predicted molar refractivity (Wildman–Crippen MR) is 61.8 cm³/mol. The van der Waals surface area contributed by atoms with Crippen LogP contribution in [-0.2, 0) is 4.79 Å². The molecule has 1 atom stereocenters. The number of carbonyl (C=O) groups is 1. The molecule has 0 aromatic rings. The van der Waals surface area contributed by atoms with Crippen LogP contribution in [0.15, 0.2) is 0 Å². The summed E-state index contributed by atoms with van der Waals surface area (Å²) in [7, 11) is 1.67. The molecule has 1 aliphatic rings. The maximum Gasteiger partial charge on any atom is 0.236 e. The fourth-order valence-electron chi connectivity index (χ4n) is 1.93. The summed E-state index contributed by atoms with van der Waals surface area (Å²) in [6, 6.07) is -0.0835. The molecular formula is C11H23N3O. The van der Waals surface area contributed by atoms with Crippen molar-refractivity contribution < 1.29 is 4.79 Å². The third-order valence-electron chi connectivity index (χ3n) is 2.97. The Kier molecular flexibility index (Phi) is 5.65. The van der Waals surface area contributed by atoms with Gasteiger partial charge in [0.2, 0.25) is 5.91 Å². The van der Waals surface area contributed by atoms with E-state index >= 15 is 0 Å². The first kappa shape index (κ1) is 12.5. The highest BCUT2D eigenvalue weighted by Gasteiger charge is 2.12. The van der Waals surface area contributed by atoms with Gasteiger partial charge in [0.05, 0.1) is 6.04 Å². The number of likely N-dealkylation sites (tertiary alicyclic amines) is 1. The van der Waals surface area contributed by atoms with Crippen LogP contribution in [0.1, 0.15) is 26.2 Å². The smallest absolute Gasteiger partial charge is 0.236 e. The molecule has 0 aromatic carbocycles. The third kappa shape index (κ3) is 4.62. The number of hydrogen-bond donors (Lipinski definition) is 2. The molecule has 1 heterocycles. The minimum Gasteiger partial charge on any atom is -0.358 e. The highest BCUT2D eigenvalue weighted by Crippen LogP contribution is 2.07. The van der Waals surface area contributed by atoms with Crippen LogP contribution < -0.4 is 10.6 Å². The summed E-state index contributed by atoms with van der Waals surface area (Å²) in [5.74, 6) is 0.0636. The Morgan fingerprint density at radius 2 is 2.00 bits per heavy atom. The summed E-state index contributed by atoms with van der Waals surface area (Å²) >= 11 is 0. The second kappa shape index (κ2) is 6.80. The molecule has 1 unspecified atom stereocenters. The summed E-state index contributed by atoms with van der Waals surface area (Å²) in [6.07, 6.45) is 4.02. The van der Waals surface area contributed by atoms with Gasteiger partial charge >= 0.3 is 0 Å². The first-order valence-electron chi connectivity index (χ1n) is 5.91. The Balaban J connectivity index is 2.07. The molecule has 0 radical (unpaired) electrons. The van der Waals surface area contributed by atoms with Gasteiger partial charge in [-0.1, -0.05) is 6.42 Å². The van der Waals surface area contributed by atoms with E-state index in [0.29, 0.717) is 0 Å². The lowest BCUT2D eigenvalue weighted by Crippen LogP contribution is -2.44. The van der Waals surface area contributed by atoms with Gasteiger partial charge in [-0.15, -0.1) is 0 Å². The molecule has 15 heavy (non-hydrogen) atoms. The Morgan fingerprint density at radius 1 is 1.33 bits per heavy atom. The van der Waals surface area contributed by atoms with Crippen LogP contribution in [0.2, 0.25) is 0 Å². The first-order chi connectivity index (χ1) is 7.24. The average Bonchev–Trinajstić information content (AvgIpc) is 2.29. The number of nitrogens with one attached hydrogen (secondary N) is 2. The summed E-state index contributed by atoms with van der Waals surface area (Å²) < 4.78 is 0. The lowest BCUT2D eigenvalue weighted by atomic mass is 10.1. The van der Waals surface area contributed by atoms with Crippen molar-refractivity contribution in [2.24, 2.45) is 0 Å². The van der Waals surface area contributed by atoms with E-state index in [-0.39, 0.29) is 11.9 Å². The van der Waals surface area contributed by atoms with E-state index in [9.17, 15) is 4.79 Å². The van der Waals surface area contributed by atoms with Crippen molar-refractivity contribution in [3.8, 4) is 0 Å². The van der Waals surface area contributed by atoms with Crippen LogP contribution in [0.5, 0.6) is 0 Å². The monoisotopic (exact) mass is 213 g/mol. The van der Waals surface area contributed by atoms with Crippen molar-refractivity contribution in [3.63, 3.8) is 0 Å². The molecule has 1 fully saturated rings. The maximum absolute atomic E-state index is 11.2. The van der Waals surface area contributed by atoms with Crippen LogP contribution in [0.4, 0.5) is 0 Å². The van der Waals surface area contributed by atoms with Gasteiger partial charge in [-0.05, 0) is 32.9 Å². The quantitative estimate of drug-likeness (QED) is 0.685. The normalized spacial score (nSPS) is 19.9. The van der Waals surface area contributed by atoms with Crippen molar-refractivity contribution in [3.05, 3.63) is 0 Å². The second-order valence-corrected chi connectivity index (χ2v) is 4.19. The fraction of sp³-hybridized carbons (Fsp3) is 0.909. The van der Waals surface area contributed by atoms with Crippen LogP contribution >= 0.6 is 0 Å². The van der Waals surface area contributed by atoms with Crippen molar-refractivity contribution in [1.82, 2.24) is 15.5 Å². The van der Waals surface area contributed by atoms with E-state index in [2.05, 4.69) is 15.5 Å². The van der Waals surface area contributed by atoms with Gasteiger partial charge in [-0.3, -0.25) is 4.79 Å². The number of carbonyl (C=O) groups excluding carboxylic acids is 1. The number of nitrogens with zero attached hydrogens (tertiary/aromatic N) is 1. The molecule has 0 aliphatic carbocycles. The molecule has 0 spiro atoms. The molecule has 1 aliphatic heterocycles. The van der Waals surface area contributed by atoms with Gasteiger partial charge in [0.15, 0.2) is 0 Å². The molecular weight excluding hydrogens is 190 g/mol. The van der Waals surface area contributed by atoms with Gasteiger partial charge in [0.25, 0.3) is 0 Å². The molecule has 0 bridgehead atoms. The highest BCUT2D eigenvalue weighted by atomic mass is 16.2. The summed E-state index contributed by atoms with van der Waals surface area (Å²) in [6.45, 7) is 6.29. The predicted octanol–water partition coefficient (Wildman–Crippen LogP) is 0.196. The summed E-state index contributed by atoms with van der Waals surface area (Å²) in [5.41, 5.74) is 0. The molecule has 0 aromatic heterocycles. The van der Waals surface area contributed by atoms with E-state index < -0.39 is 0 Å². The van der Waals surface area contributed by atoms with E-state index in [1.165, 1.54) is 32.4 Å². The fourth-order valence-corrected chi connectivity index (χ4v) is 1.93. The lowest BCUT2D eigenvalue weighted by molar-refractivity contribution is -0.122. The summed E-state index contributed by atoms with van der Waals surface area (Å²) in [4.78, 5) is 13.7. The zero-order chi connectivity index (χ0) is 11.1. The molecule has 1 amide bonds. The SMILES string of the molecule is CNC(=O)C(C)NCCN1CCCCC1.